The van der Waals surface area contributed by atoms with Crippen LogP contribution in [0.15, 0.2) is 52.4 Å². The van der Waals surface area contributed by atoms with Crippen molar-refractivity contribution in [1.29, 1.82) is 0 Å². The fraction of sp³-hybridized carbons (Fsp3) is 0.318. The van der Waals surface area contributed by atoms with Gasteiger partial charge in [0.15, 0.2) is 0 Å². The molecular formula is C22H25N3O3S. The lowest BCUT2D eigenvalue weighted by Gasteiger charge is -2.15. The summed E-state index contributed by atoms with van der Waals surface area (Å²) in [4.78, 5) is 35.7. The normalized spacial score (nSPS) is 11.1. The van der Waals surface area contributed by atoms with Crippen LogP contribution in [0.4, 0.5) is 5.69 Å². The van der Waals surface area contributed by atoms with Crippen LogP contribution in [0, 0.1) is 19.8 Å². The van der Waals surface area contributed by atoms with E-state index in [4.69, 9.17) is 4.84 Å². The minimum atomic E-state index is -0.270. The molecule has 0 fully saturated rings. The molecular weight excluding hydrogens is 386 g/mol. The van der Waals surface area contributed by atoms with E-state index in [1.54, 1.807) is 18.2 Å². The summed E-state index contributed by atoms with van der Waals surface area (Å²) in [7, 11) is 0. The zero-order valence-electron chi connectivity index (χ0n) is 17.1. The molecule has 0 bridgehead atoms. The third kappa shape index (κ3) is 4.98. The third-order valence-electron chi connectivity index (χ3n) is 4.32. The van der Waals surface area contributed by atoms with Crippen LogP contribution in [0.25, 0.3) is 10.9 Å². The molecule has 0 saturated heterocycles. The maximum atomic E-state index is 12.9. The van der Waals surface area contributed by atoms with Crippen LogP contribution in [-0.4, -0.2) is 28.0 Å². The van der Waals surface area contributed by atoms with Crippen molar-refractivity contribution in [3.8, 4) is 0 Å². The Morgan fingerprint density at radius 2 is 1.83 bits per heavy atom. The van der Waals surface area contributed by atoms with Gasteiger partial charge < -0.3 is 10.2 Å². The number of rotatable bonds is 7. The Kier molecular flexibility index (Phi) is 6.59. The van der Waals surface area contributed by atoms with E-state index in [0.717, 1.165) is 16.8 Å². The quantitative estimate of drug-likeness (QED) is 0.473. The number of hydrogen-bond acceptors (Lipinski definition) is 5. The molecule has 29 heavy (non-hydrogen) atoms. The Labute approximate surface area is 174 Å². The van der Waals surface area contributed by atoms with Gasteiger partial charge in [-0.1, -0.05) is 55.9 Å². The number of thioether (sulfide) groups is 1. The fourth-order valence-corrected chi connectivity index (χ4v) is 3.59. The van der Waals surface area contributed by atoms with Gasteiger partial charge in [0.05, 0.1) is 16.7 Å². The highest BCUT2D eigenvalue weighted by atomic mass is 32.2. The van der Waals surface area contributed by atoms with Crippen molar-refractivity contribution in [3.05, 3.63) is 63.9 Å². The number of nitrogens with one attached hydrogen (secondary N) is 1. The Hall–Kier alpha value is -2.80. The molecule has 6 nitrogen and oxygen atoms in total. The molecule has 1 heterocycles. The fourth-order valence-electron chi connectivity index (χ4n) is 2.84. The average Bonchev–Trinajstić information content (AvgIpc) is 2.68. The average molecular weight is 412 g/mol. The Morgan fingerprint density at radius 3 is 2.52 bits per heavy atom. The number of amides is 1. The zero-order valence-corrected chi connectivity index (χ0v) is 17.9. The number of carbonyl (C=O) groups is 1. The number of para-hydroxylation sites is 2. The third-order valence-corrected chi connectivity index (χ3v) is 5.25. The maximum Gasteiger partial charge on any atom is 0.295 e. The first-order valence-electron chi connectivity index (χ1n) is 9.50. The van der Waals surface area contributed by atoms with Crippen molar-refractivity contribution in [2.45, 2.75) is 32.9 Å². The first-order valence-corrected chi connectivity index (χ1v) is 10.5. The lowest BCUT2D eigenvalue weighted by atomic mass is 10.1. The van der Waals surface area contributed by atoms with Crippen LogP contribution >= 0.6 is 11.8 Å². The summed E-state index contributed by atoms with van der Waals surface area (Å²) >= 11 is 1.18. The van der Waals surface area contributed by atoms with Crippen LogP contribution < -0.4 is 15.7 Å². The molecule has 1 amide bonds. The Bertz CT molecular complexity index is 1070. The predicted octanol–water partition coefficient (Wildman–Crippen LogP) is 3.83. The minimum absolute atomic E-state index is 0.115. The number of aromatic nitrogens is 2. The second-order valence-electron chi connectivity index (χ2n) is 7.30. The van der Waals surface area contributed by atoms with Crippen LogP contribution in [0.3, 0.4) is 0 Å². The highest BCUT2D eigenvalue weighted by Gasteiger charge is 2.15. The van der Waals surface area contributed by atoms with Crippen molar-refractivity contribution in [2.75, 3.05) is 17.7 Å². The van der Waals surface area contributed by atoms with E-state index in [1.807, 2.05) is 52.0 Å². The summed E-state index contributed by atoms with van der Waals surface area (Å²) < 4.78 is 1.21. The molecule has 2 aromatic carbocycles. The minimum Gasteiger partial charge on any atom is -0.408 e. The molecule has 0 aliphatic carbocycles. The van der Waals surface area contributed by atoms with E-state index < -0.39 is 0 Å². The smallest absolute Gasteiger partial charge is 0.295 e. The number of hydrogen-bond donors (Lipinski definition) is 1. The number of nitrogens with zero attached hydrogens (tertiary/aromatic N) is 2. The Balaban J connectivity index is 1.83. The SMILES string of the molecule is Cc1cccc(C)c1NC(=O)CSc1nc2ccccc2c(=O)n1OCC(C)C. The second kappa shape index (κ2) is 9.13. The number of fused-ring (bicyclic) bond motifs is 1. The van der Waals surface area contributed by atoms with Gasteiger partial charge in [-0.2, -0.15) is 0 Å². The highest BCUT2D eigenvalue weighted by Crippen LogP contribution is 2.21. The lowest BCUT2D eigenvalue weighted by molar-refractivity contribution is -0.113. The topological polar surface area (TPSA) is 73.2 Å². The van der Waals surface area contributed by atoms with Gasteiger partial charge in [-0.15, -0.1) is 4.73 Å². The van der Waals surface area contributed by atoms with Crippen molar-refractivity contribution in [3.63, 3.8) is 0 Å². The highest BCUT2D eigenvalue weighted by molar-refractivity contribution is 7.99. The summed E-state index contributed by atoms with van der Waals surface area (Å²) in [5.41, 5.74) is 3.14. The van der Waals surface area contributed by atoms with Crippen LogP contribution in [0.5, 0.6) is 0 Å². The van der Waals surface area contributed by atoms with Gasteiger partial charge in [0.1, 0.15) is 6.61 Å². The van der Waals surface area contributed by atoms with Crippen LogP contribution in [0.2, 0.25) is 0 Å². The number of benzene rings is 2. The molecule has 3 aromatic rings. The van der Waals surface area contributed by atoms with Gasteiger partial charge in [-0.25, -0.2) is 4.98 Å². The Morgan fingerprint density at radius 1 is 1.14 bits per heavy atom. The first-order chi connectivity index (χ1) is 13.9. The van der Waals surface area contributed by atoms with Gasteiger partial charge in [0, 0.05) is 5.69 Å². The zero-order chi connectivity index (χ0) is 21.0. The van der Waals surface area contributed by atoms with Gasteiger partial charge in [0.25, 0.3) is 5.56 Å². The summed E-state index contributed by atoms with van der Waals surface area (Å²) in [5, 5.41) is 3.81. The number of aryl methyl sites for hydroxylation is 2. The maximum absolute atomic E-state index is 12.9. The molecule has 0 saturated carbocycles. The largest absolute Gasteiger partial charge is 0.408 e. The molecule has 7 heteroatoms. The summed E-state index contributed by atoms with van der Waals surface area (Å²) in [6.07, 6.45) is 0. The van der Waals surface area contributed by atoms with E-state index in [1.165, 1.54) is 16.5 Å². The van der Waals surface area contributed by atoms with Crippen molar-refractivity contribution in [2.24, 2.45) is 5.92 Å². The number of carbonyl (C=O) groups excluding carboxylic acids is 1. The molecule has 1 aromatic heterocycles. The molecule has 1 N–H and O–H groups in total. The van der Waals surface area contributed by atoms with Crippen molar-refractivity contribution in [1.82, 2.24) is 9.71 Å². The lowest BCUT2D eigenvalue weighted by Crippen LogP contribution is -2.31. The van der Waals surface area contributed by atoms with Crippen molar-refractivity contribution >= 4 is 34.3 Å². The number of anilines is 1. The van der Waals surface area contributed by atoms with E-state index in [0.29, 0.717) is 22.7 Å². The molecule has 3 rings (SSSR count). The van der Waals surface area contributed by atoms with E-state index in [-0.39, 0.29) is 23.1 Å². The molecule has 152 valence electrons. The standard InChI is InChI=1S/C22H25N3O3S/c1-14(2)12-28-25-21(27)17-10-5-6-11-18(17)23-22(25)29-13-19(26)24-20-15(3)8-7-9-16(20)4/h5-11,14H,12-13H2,1-4H3,(H,24,26). The molecule has 0 unspecified atom stereocenters. The summed E-state index contributed by atoms with van der Waals surface area (Å²) in [6.45, 7) is 8.30. The monoisotopic (exact) mass is 411 g/mol. The van der Waals surface area contributed by atoms with Crippen molar-refractivity contribution < 1.29 is 9.63 Å². The van der Waals surface area contributed by atoms with Gasteiger partial charge >= 0.3 is 0 Å². The summed E-state index contributed by atoms with van der Waals surface area (Å²) in [5.74, 6) is 0.201. The van der Waals surface area contributed by atoms with E-state index in [9.17, 15) is 9.59 Å². The molecule has 0 spiro atoms. The molecule has 0 aliphatic rings. The first kappa shape index (κ1) is 20.9. The van der Waals surface area contributed by atoms with E-state index >= 15 is 0 Å². The van der Waals surface area contributed by atoms with Crippen LogP contribution in [0.1, 0.15) is 25.0 Å². The summed E-state index contributed by atoms with van der Waals surface area (Å²) in [6, 6.07) is 13.0. The molecule has 0 atom stereocenters. The van der Waals surface area contributed by atoms with E-state index in [2.05, 4.69) is 10.3 Å². The van der Waals surface area contributed by atoms with Gasteiger partial charge in [0.2, 0.25) is 11.1 Å². The van der Waals surface area contributed by atoms with Gasteiger partial charge in [-0.3, -0.25) is 9.59 Å². The van der Waals surface area contributed by atoms with Crippen LogP contribution in [-0.2, 0) is 4.79 Å². The second-order valence-corrected chi connectivity index (χ2v) is 8.25. The molecule has 0 aliphatic heterocycles. The molecule has 0 radical (unpaired) electrons. The predicted molar refractivity (Wildman–Crippen MR) is 118 cm³/mol. The van der Waals surface area contributed by atoms with Gasteiger partial charge in [-0.05, 0) is 43.0 Å².